The molecular weight excluding hydrogens is 292 g/mol. The third-order valence-electron chi connectivity index (χ3n) is 3.26. The Morgan fingerprint density at radius 3 is 2.24 bits per heavy atom. The van der Waals surface area contributed by atoms with Crippen LogP contribution in [0.15, 0.2) is 29.2 Å². The number of hydrogen-bond donors (Lipinski definition) is 1. The van der Waals surface area contributed by atoms with E-state index in [1.165, 1.54) is 17.0 Å². The number of hydrogen-bond acceptors (Lipinski definition) is 4. The number of amides is 2. The SMILES string of the molecule is Cc1ccc(S(=O)(=O)NC(=O)N2CC(C)OC(C)C2)cc1. The standard InChI is InChI=1S/C14H20N2O4S/c1-10-4-6-13(7-5-10)21(18,19)15-14(17)16-8-11(2)20-12(3)9-16/h4-7,11-12H,8-9H2,1-3H3,(H,15,17). The number of aryl methyl sites for hydroxylation is 1. The zero-order valence-electron chi connectivity index (χ0n) is 12.4. The molecule has 0 aliphatic carbocycles. The van der Waals surface area contributed by atoms with E-state index in [1.807, 2.05) is 20.8 Å². The maximum absolute atomic E-state index is 12.2. The van der Waals surface area contributed by atoms with Gasteiger partial charge in [0.25, 0.3) is 10.0 Å². The smallest absolute Gasteiger partial charge is 0.331 e. The van der Waals surface area contributed by atoms with Crippen molar-refractivity contribution in [3.8, 4) is 0 Å². The molecule has 1 aromatic rings. The van der Waals surface area contributed by atoms with Crippen molar-refractivity contribution in [3.05, 3.63) is 29.8 Å². The zero-order chi connectivity index (χ0) is 15.6. The van der Waals surface area contributed by atoms with E-state index in [4.69, 9.17) is 4.74 Å². The van der Waals surface area contributed by atoms with Crippen molar-refractivity contribution in [1.29, 1.82) is 0 Å². The number of benzene rings is 1. The largest absolute Gasteiger partial charge is 0.372 e. The second-order valence-electron chi connectivity index (χ2n) is 5.39. The van der Waals surface area contributed by atoms with E-state index < -0.39 is 16.1 Å². The molecule has 1 N–H and O–H groups in total. The Hall–Kier alpha value is -1.60. The number of sulfonamides is 1. The van der Waals surface area contributed by atoms with Crippen LogP contribution >= 0.6 is 0 Å². The number of ether oxygens (including phenoxy) is 1. The molecule has 6 nitrogen and oxygen atoms in total. The Balaban J connectivity index is 2.09. The summed E-state index contributed by atoms with van der Waals surface area (Å²) in [7, 11) is -3.84. The third kappa shape index (κ3) is 3.95. The Bertz CT molecular complexity index is 602. The molecule has 0 saturated carbocycles. The number of morpholine rings is 1. The number of carbonyl (C=O) groups excluding carboxylic acids is 1. The highest BCUT2D eigenvalue weighted by atomic mass is 32.2. The van der Waals surface area contributed by atoms with Gasteiger partial charge in [-0.2, -0.15) is 0 Å². The first kappa shape index (κ1) is 15.8. The van der Waals surface area contributed by atoms with Crippen LogP contribution < -0.4 is 4.72 Å². The Labute approximate surface area is 125 Å². The fraction of sp³-hybridized carbons (Fsp3) is 0.500. The summed E-state index contributed by atoms with van der Waals surface area (Å²) < 4.78 is 32.0. The highest BCUT2D eigenvalue weighted by Gasteiger charge is 2.28. The number of rotatable bonds is 2. The normalized spacial score (nSPS) is 22.9. The summed E-state index contributed by atoms with van der Waals surface area (Å²) in [5.41, 5.74) is 0.955. The minimum Gasteiger partial charge on any atom is -0.372 e. The first-order chi connectivity index (χ1) is 9.78. The van der Waals surface area contributed by atoms with Gasteiger partial charge in [0.05, 0.1) is 17.1 Å². The summed E-state index contributed by atoms with van der Waals surface area (Å²) in [5, 5.41) is 0. The monoisotopic (exact) mass is 312 g/mol. The predicted octanol–water partition coefficient (Wildman–Crippen LogP) is 1.50. The van der Waals surface area contributed by atoms with Crippen molar-refractivity contribution in [2.45, 2.75) is 37.9 Å². The van der Waals surface area contributed by atoms with E-state index in [0.717, 1.165) is 5.56 Å². The van der Waals surface area contributed by atoms with E-state index in [9.17, 15) is 13.2 Å². The summed E-state index contributed by atoms with van der Waals surface area (Å²) in [6.07, 6.45) is -0.219. The molecule has 116 valence electrons. The maximum atomic E-state index is 12.2. The summed E-state index contributed by atoms with van der Waals surface area (Å²) in [4.78, 5) is 13.7. The Kier molecular flexibility index (Phi) is 4.53. The van der Waals surface area contributed by atoms with Gasteiger partial charge in [-0.3, -0.25) is 0 Å². The molecule has 21 heavy (non-hydrogen) atoms. The zero-order valence-corrected chi connectivity index (χ0v) is 13.2. The molecule has 0 spiro atoms. The van der Waals surface area contributed by atoms with Gasteiger partial charge in [-0.1, -0.05) is 17.7 Å². The average Bonchev–Trinajstić information content (AvgIpc) is 2.37. The summed E-state index contributed by atoms with van der Waals surface area (Å²) >= 11 is 0. The van der Waals surface area contributed by atoms with Gasteiger partial charge in [0.2, 0.25) is 0 Å². The van der Waals surface area contributed by atoms with E-state index in [2.05, 4.69) is 4.72 Å². The van der Waals surface area contributed by atoms with Crippen molar-refractivity contribution < 1.29 is 17.9 Å². The Morgan fingerprint density at radius 1 is 1.19 bits per heavy atom. The second kappa shape index (κ2) is 6.03. The van der Waals surface area contributed by atoms with Gasteiger partial charge >= 0.3 is 6.03 Å². The molecule has 2 amide bonds. The molecule has 1 saturated heterocycles. The highest BCUT2D eigenvalue weighted by molar-refractivity contribution is 7.90. The molecule has 1 aliphatic rings. The lowest BCUT2D eigenvalue weighted by molar-refractivity contribution is -0.0539. The van der Waals surface area contributed by atoms with Crippen LogP contribution in [0.1, 0.15) is 19.4 Å². The quantitative estimate of drug-likeness (QED) is 0.898. The summed E-state index contributed by atoms with van der Waals surface area (Å²) in [5.74, 6) is 0. The van der Waals surface area contributed by atoms with Crippen LogP contribution in [0.5, 0.6) is 0 Å². The summed E-state index contributed by atoms with van der Waals surface area (Å²) in [6.45, 7) is 6.32. The van der Waals surface area contributed by atoms with Gasteiger partial charge in [-0.25, -0.2) is 17.9 Å². The lowest BCUT2D eigenvalue weighted by Crippen LogP contribution is -2.52. The molecule has 0 aromatic heterocycles. The predicted molar refractivity (Wildman–Crippen MR) is 78.5 cm³/mol. The molecule has 0 radical (unpaired) electrons. The molecule has 1 aromatic carbocycles. The van der Waals surface area contributed by atoms with Crippen LogP contribution in [0, 0.1) is 6.92 Å². The number of nitrogens with zero attached hydrogens (tertiary/aromatic N) is 1. The minimum atomic E-state index is -3.84. The van der Waals surface area contributed by atoms with Crippen LogP contribution in [0.3, 0.4) is 0 Å². The Morgan fingerprint density at radius 2 is 1.71 bits per heavy atom. The molecule has 1 fully saturated rings. The van der Waals surface area contributed by atoms with Crippen molar-refractivity contribution in [2.24, 2.45) is 0 Å². The fourth-order valence-electron chi connectivity index (χ4n) is 2.30. The van der Waals surface area contributed by atoms with Crippen LogP contribution in [-0.4, -0.2) is 44.6 Å². The lowest BCUT2D eigenvalue weighted by Gasteiger charge is -2.35. The highest BCUT2D eigenvalue weighted by Crippen LogP contribution is 2.13. The van der Waals surface area contributed by atoms with E-state index in [0.29, 0.717) is 13.1 Å². The lowest BCUT2D eigenvalue weighted by atomic mass is 10.2. The van der Waals surface area contributed by atoms with Gasteiger partial charge in [-0.15, -0.1) is 0 Å². The van der Waals surface area contributed by atoms with E-state index in [-0.39, 0.29) is 17.1 Å². The number of urea groups is 1. The molecule has 1 aliphatic heterocycles. The number of carbonyl (C=O) groups is 1. The van der Waals surface area contributed by atoms with Crippen LogP contribution in [0.2, 0.25) is 0 Å². The molecule has 2 atom stereocenters. The topological polar surface area (TPSA) is 75.7 Å². The van der Waals surface area contributed by atoms with Crippen LogP contribution in [0.25, 0.3) is 0 Å². The molecule has 1 heterocycles. The van der Waals surface area contributed by atoms with Gasteiger partial charge < -0.3 is 9.64 Å². The van der Waals surface area contributed by atoms with Gasteiger partial charge in [0.15, 0.2) is 0 Å². The van der Waals surface area contributed by atoms with Gasteiger partial charge in [0, 0.05) is 13.1 Å². The van der Waals surface area contributed by atoms with Gasteiger partial charge in [0.1, 0.15) is 0 Å². The van der Waals surface area contributed by atoms with Crippen molar-refractivity contribution in [2.75, 3.05) is 13.1 Å². The molecular formula is C14H20N2O4S. The first-order valence-corrected chi connectivity index (χ1v) is 8.30. The first-order valence-electron chi connectivity index (χ1n) is 6.82. The van der Waals surface area contributed by atoms with Crippen LogP contribution in [0.4, 0.5) is 4.79 Å². The fourth-order valence-corrected chi connectivity index (χ4v) is 3.27. The number of nitrogens with one attached hydrogen (secondary N) is 1. The second-order valence-corrected chi connectivity index (χ2v) is 7.07. The third-order valence-corrected chi connectivity index (χ3v) is 4.60. The molecule has 2 unspecified atom stereocenters. The van der Waals surface area contributed by atoms with Gasteiger partial charge in [-0.05, 0) is 32.9 Å². The average molecular weight is 312 g/mol. The van der Waals surface area contributed by atoms with Crippen molar-refractivity contribution in [3.63, 3.8) is 0 Å². The minimum absolute atomic E-state index is 0.0795. The molecule has 7 heteroatoms. The molecule has 0 bridgehead atoms. The molecule has 2 rings (SSSR count). The summed E-state index contributed by atoms with van der Waals surface area (Å²) in [6, 6.07) is 5.73. The van der Waals surface area contributed by atoms with Crippen molar-refractivity contribution >= 4 is 16.1 Å². The van der Waals surface area contributed by atoms with E-state index >= 15 is 0 Å². The maximum Gasteiger partial charge on any atom is 0.331 e. The van der Waals surface area contributed by atoms with Crippen molar-refractivity contribution in [1.82, 2.24) is 9.62 Å². The van der Waals surface area contributed by atoms with E-state index in [1.54, 1.807) is 12.1 Å². The van der Waals surface area contributed by atoms with Crippen LogP contribution in [-0.2, 0) is 14.8 Å².